The van der Waals surface area contributed by atoms with Gasteiger partial charge in [-0.1, -0.05) is 24.3 Å². The summed E-state index contributed by atoms with van der Waals surface area (Å²) in [5, 5.41) is 2.94. The SMILES string of the molecule is COc1ccc(C(C)NC(=O)c2ccc(CNS(=O)(=O)c3ccc(C(C)=O)cc3)cc2)c(OC)c1. The molecule has 35 heavy (non-hydrogen) atoms. The topological polar surface area (TPSA) is 111 Å². The number of hydrogen-bond acceptors (Lipinski definition) is 6. The number of benzene rings is 3. The number of methoxy groups -OCH3 is 2. The van der Waals surface area contributed by atoms with E-state index in [1.165, 1.54) is 31.2 Å². The molecule has 1 atom stereocenters. The number of Topliss-reactive ketones (excluding diaryl/α,β-unsaturated/α-hetero) is 1. The molecule has 0 fully saturated rings. The van der Waals surface area contributed by atoms with Gasteiger partial charge in [0.25, 0.3) is 5.91 Å². The Kier molecular flexibility index (Phi) is 8.26. The fourth-order valence-corrected chi connectivity index (χ4v) is 4.46. The van der Waals surface area contributed by atoms with E-state index in [4.69, 9.17) is 9.47 Å². The molecule has 3 rings (SSSR count). The molecule has 0 aliphatic rings. The Morgan fingerprint density at radius 2 is 1.51 bits per heavy atom. The van der Waals surface area contributed by atoms with E-state index in [0.29, 0.717) is 28.2 Å². The third-order valence-electron chi connectivity index (χ3n) is 5.51. The number of carbonyl (C=O) groups is 2. The molecule has 184 valence electrons. The molecule has 9 heteroatoms. The van der Waals surface area contributed by atoms with E-state index in [9.17, 15) is 18.0 Å². The quantitative estimate of drug-likeness (QED) is 0.412. The summed E-state index contributed by atoms with van der Waals surface area (Å²) in [6.45, 7) is 3.33. The molecule has 0 bridgehead atoms. The lowest BCUT2D eigenvalue weighted by Gasteiger charge is -2.18. The molecule has 0 aromatic heterocycles. The predicted octanol–water partition coefficient (Wildman–Crippen LogP) is 3.88. The average molecular weight is 497 g/mol. The molecule has 1 unspecified atom stereocenters. The largest absolute Gasteiger partial charge is 0.497 e. The van der Waals surface area contributed by atoms with Gasteiger partial charge in [0.1, 0.15) is 11.5 Å². The van der Waals surface area contributed by atoms with E-state index >= 15 is 0 Å². The summed E-state index contributed by atoms with van der Waals surface area (Å²) >= 11 is 0. The van der Waals surface area contributed by atoms with Crippen LogP contribution in [0.3, 0.4) is 0 Å². The maximum atomic E-state index is 12.7. The number of ketones is 1. The van der Waals surface area contributed by atoms with E-state index < -0.39 is 10.0 Å². The third-order valence-corrected chi connectivity index (χ3v) is 6.93. The molecular weight excluding hydrogens is 468 g/mol. The number of nitrogens with one attached hydrogen (secondary N) is 2. The Labute approximate surface area is 205 Å². The van der Waals surface area contributed by atoms with Crippen molar-refractivity contribution in [3.63, 3.8) is 0 Å². The van der Waals surface area contributed by atoms with Crippen LogP contribution in [0.1, 0.15) is 51.7 Å². The lowest BCUT2D eigenvalue weighted by molar-refractivity contribution is 0.0938. The molecule has 0 saturated heterocycles. The lowest BCUT2D eigenvalue weighted by Crippen LogP contribution is -2.27. The Hall–Kier alpha value is -3.69. The zero-order valence-corrected chi connectivity index (χ0v) is 20.8. The van der Waals surface area contributed by atoms with Crippen LogP contribution in [0.2, 0.25) is 0 Å². The van der Waals surface area contributed by atoms with Crippen LogP contribution in [0.4, 0.5) is 0 Å². The zero-order valence-electron chi connectivity index (χ0n) is 20.0. The Bertz CT molecular complexity index is 1300. The van der Waals surface area contributed by atoms with Crippen molar-refractivity contribution in [1.82, 2.24) is 10.0 Å². The van der Waals surface area contributed by atoms with Crippen LogP contribution >= 0.6 is 0 Å². The highest BCUT2D eigenvalue weighted by atomic mass is 32.2. The lowest BCUT2D eigenvalue weighted by atomic mass is 10.1. The van der Waals surface area contributed by atoms with E-state index in [-0.39, 0.29) is 29.2 Å². The van der Waals surface area contributed by atoms with Gasteiger partial charge >= 0.3 is 0 Å². The van der Waals surface area contributed by atoms with Crippen molar-refractivity contribution in [3.8, 4) is 11.5 Å². The molecule has 3 aromatic rings. The van der Waals surface area contributed by atoms with Gasteiger partial charge in [-0.2, -0.15) is 0 Å². The first-order chi connectivity index (χ1) is 16.6. The number of carbonyl (C=O) groups excluding carboxylic acids is 2. The summed E-state index contributed by atoms with van der Waals surface area (Å²) in [6, 6.07) is 17.5. The smallest absolute Gasteiger partial charge is 0.251 e. The Balaban J connectivity index is 1.62. The summed E-state index contributed by atoms with van der Waals surface area (Å²) in [5.41, 5.74) is 2.38. The summed E-state index contributed by atoms with van der Waals surface area (Å²) in [4.78, 5) is 24.2. The second-order valence-corrected chi connectivity index (χ2v) is 9.67. The van der Waals surface area contributed by atoms with Gasteiger partial charge in [0, 0.05) is 29.3 Å². The van der Waals surface area contributed by atoms with Gasteiger partial charge in [-0.15, -0.1) is 0 Å². The molecule has 8 nitrogen and oxygen atoms in total. The van der Waals surface area contributed by atoms with Gasteiger partial charge in [-0.25, -0.2) is 13.1 Å². The number of sulfonamides is 1. The maximum Gasteiger partial charge on any atom is 0.251 e. The minimum Gasteiger partial charge on any atom is -0.497 e. The van der Waals surface area contributed by atoms with E-state index in [1.807, 2.05) is 13.0 Å². The van der Waals surface area contributed by atoms with Crippen LogP contribution in [-0.2, 0) is 16.6 Å². The van der Waals surface area contributed by atoms with Crippen LogP contribution in [-0.4, -0.2) is 34.3 Å². The van der Waals surface area contributed by atoms with Crippen molar-refractivity contribution in [1.29, 1.82) is 0 Å². The van der Waals surface area contributed by atoms with Crippen LogP contribution in [0, 0.1) is 0 Å². The molecule has 1 amide bonds. The number of hydrogen-bond donors (Lipinski definition) is 2. The van der Waals surface area contributed by atoms with Crippen LogP contribution < -0.4 is 19.5 Å². The minimum atomic E-state index is -3.75. The number of ether oxygens (including phenoxy) is 2. The highest BCUT2D eigenvalue weighted by Crippen LogP contribution is 2.29. The van der Waals surface area contributed by atoms with Crippen LogP contribution in [0.5, 0.6) is 11.5 Å². The highest BCUT2D eigenvalue weighted by molar-refractivity contribution is 7.89. The first kappa shape index (κ1) is 25.9. The van der Waals surface area contributed by atoms with Gasteiger partial charge in [-0.05, 0) is 55.8 Å². The van der Waals surface area contributed by atoms with Gasteiger partial charge in [-0.3, -0.25) is 9.59 Å². The van der Waals surface area contributed by atoms with Crippen molar-refractivity contribution in [2.45, 2.75) is 31.3 Å². The first-order valence-corrected chi connectivity index (χ1v) is 12.4. The summed E-state index contributed by atoms with van der Waals surface area (Å²) in [6.07, 6.45) is 0. The van der Waals surface area contributed by atoms with Crippen LogP contribution in [0.25, 0.3) is 0 Å². The van der Waals surface area contributed by atoms with Crippen molar-refractivity contribution in [3.05, 3.63) is 89.0 Å². The monoisotopic (exact) mass is 496 g/mol. The normalized spacial score (nSPS) is 12.0. The van der Waals surface area contributed by atoms with E-state index in [0.717, 1.165) is 5.56 Å². The van der Waals surface area contributed by atoms with Gasteiger partial charge in [0.2, 0.25) is 10.0 Å². The highest BCUT2D eigenvalue weighted by Gasteiger charge is 2.17. The van der Waals surface area contributed by atoms with Crippen molar-refractivity contribution < 1.29 is 27.5 Å². The standard InChI is InChI=1S/C26H28N2O6S/c1-17(24-14-11-22(33-3)15-25(24)34-4)28-26(30)21-7-5-19(6-8-21)16-27-35(31,32)23-12-9-20(10-13-23)18(2)29/h5-15,17,27H,16H2,1-4H3,(H,28,30). The second-order valence-electron chi connectivity index (χ2n) is 7.91. The summed E-state index contributed by atoms with van der Waals surface area (Å²) < 4.78 is 38.2. The van der Waals surface area contributed by atoms with Crippen molar-refractivity contribution in [2.75, 3.05) is 14.2 Å². The minimum absolute atomic E-state index is 0.0537. The molecule has 0 heterocycles. The van der Waals surface area contributed by atoms with Gasteiger partial charge < -0.3 is 14.8 Å². The Morgan fingerprint density at radius 3 is 2.09 bits per heavy atom. The Morgan fingerprint density at radius 1 is 0.886 bits per heavy atom. The van der Waals surface area contributed by atoms with Crippen molar-refractivity contribution >= 4 is 21.7 Å². The molecule has 3 aromatic carbocycles. The third kappa shape index (κ3) is 6.46. The first-order valence-electron chi connectivity index (χ1n) is 10.9. The molecular formula is C26H28N2O6S. The maximum absolute atomic E-state index is 12.7. The van der Waals surface area contributed by atoms with E-state index in [2.05, 4.69) is 10.0 Å². The number of amides is 1. The summed E-state index contributed by atoms with van der Waals surface area (Å²) in [5.74, 6) is 0.857. The molecule has 2 N–H and O–H groups in total. The van der Waals surface area contributed by atoms with Crippen molar-refractivity contribution in [2.24, 2.45) is 0 Å². The molecule has 0 aliphatic heterocycles. The van der Waals surface area contributed by atoms with Gasteiger partial charge in [0.15, 0.2) is 5.78 Å². The van der Waals surface area contributed by atoms with Gasteiger partial charge in [0.05, 0.1) is 25.2 Å². The zero-order chi connectivity index (χ0) is 25.6. The second kappa shape index (κ2) is 11.2. The summed E-state index contributed by atoms with van der Waals surface area (Å²) in [7, 11) is -0.620. The fourth-order valence-electron chi connectivity index (χ4n) is 3.44. The fraction of sp³-hybridized carbons (Fsp3) is 0.231. The average Bonchev–Trinajstić information content (AvgIpc) is 2.87. The number of rotatable bonds is 10. The molecule has 0 aliphatic carbocycles. The molecule has 0 radical (unpaired) electrons. The molecule has 0 spiro atoms. The van der Waals surface area contributed by atoms with Crippen LogP contribution in [0.15, 0.2) is 71.6 Å². The predicted molar refractivity (Wildman–Crippen MR) is 132 cm³/mol. The van der Waals surface area contributed by atoms with E-state index in [1.54, 1.807) is 50.6 Å². The molecule has 0 saturated carbocycles.